The minimum Gasteiger partial charge on any atom is -0.373 e. The number of pyridine rings is 1. The highest BCUT2D eigenvalue weighted by atomic mass is 32.1. The summed E-state index contributed by atoms with van der Waals surface area (Å²) < 4.78 is 0. The molecule has 198 valence electrons. The van der Waals surface area contributed by atoms with Gasteiger partial charge in [0.15, 0.2) is 5.78 Å². The Hall–Kier alpha value is -3.59. The number of hydrogen-bond acceptors (Lipinski definition) is 7. The maximum absolute atomic E-state index is 13.6. The van der Waals surface area contributed by atoms with E-state index >= 15 is 0 Å². The number of benzene rings is 1. The van der Waals surface area contributed by atoms with E-state index in [1.807, 2.05) is 4.90 Å². The topological polar surface area (TPSA) is 118 Å². The number of carbonyl (C=O) groups is 3. The lowest BCUT2D eigenvalue weighted by Crippen LogP contribution is -2.46. The van der Waals surface area contributed by atoms with Crippen LogP contribution < -0.4 is 11.1 Å². The summed E-state index contributed by atoms with van der Waals surface area (Å²) in [5.41, 5.74) is 8.22. The van der Waals surface area contributed by atoms with Gasteiger partial charge in [0, 0.05) is 53.5 Å². The molecule has 5 rings (SSSR count). The summed E-state index contributed by atoms with van der Waals surface area (Å²) in [7, 11) is 1.76. The quantitative estimate of drug-likeness (QED) is 0.504. The predicted octanol–water partition coefficient (Wildman–Crippen LogP) is 4.69. The summed E-state index contributed by atoms with van der Waals surface area (Å²) in [4.78, 5) is 50.3. The van der Waals surface area contributed by atoms with Crippen molar-refractivity contribution in [2.24, 2.45) is 11.1 Å². The third-order valence-electron chi connectivity index (χ3n) is 7.58. The number of likely N-dealkylation sites (tertiary alicyclic amines) is 1. The number of fused-ring (bicyclic) bond motifs is 1. The van der Waals surface area contributed by atoms with Gasteiger partial charge in [0.05, 0.1) is 10.7 Å². The zero-order valence-electron chi connectivity index (χ0n) is 22.3. The van der Waals surface area contributed by atoms with Crippen LogP contribution in [0.15, 0.2) is 36.4 Å². The maximum Gasteiger partial charge on any atom is 0.254 e. The largest absolute Gasteiger partial charge is 0.373 e. The first-order valence-corrected chi connectivity index (χ1v) is 13.7. The monoisotopic (exact) mass is 531 g/mol. The molecule has 3 N–H and O–H groups in total. The van der Waals surface area contributed by atoms with Crippen LogP contribution in [0, 0.1) is 5.41 Å². The van der Waals surface area contributed by atoms with Crippen molar-refractivity contribution in [3.8, 4) is 11.3 Å². The number of nitrogens with one attached hydrogen (secondary N) is 1. The highest BCUT2D eigenvalue weighted by molar-refractivity contribution is 7.12. The van der Waals surface area contributed by atoms with E-state index in [0.29, 0.717) is 47.8 Å². The van der Waals surface area contributed by atoms with Gasteiger partial charge >= 0.3 is 0 Å². The lowest BCUT2D eigenvalue weighted by molar-refractivity contribution is 0.0521. The van der Waals surface area contributed by atoms with Crippen molar-refractivity contribution in [2.45, 2.75) is 51.9 Å². The average Bonchev–Trinajstić information content (AvgIpc) is 3.33. The van der Waals surface area contributed by atoms with Crippen molar-refractivity contribution >= 4 is 34.8 Å². The summed E-state index contributed by atoms with van der Waals surface area (Å²) >= 11 is 1.67. The molecule has 3 heterocycles. The third-order valence-corrected chi connectivity index (χ3v) is 9.06. The number of nitrogens with two attached hydrogens (primary N) is 1. The fourth-order valence-corrected chi connectivity index (χ4v) is 6.60. The molecule has 38 heavy (non-hydrogen) atoms. The number of hydrogen-bond donors (Lipinski definition) is 2. The molecule has 1 aromatic carbocycles. The number of ketones is 1. The lowest BCUT2D eigenvalue weighted by atomic mass is 9.68. The van der Waals surface area contributed by atoms with Gasteiger partial charge in [-0.1, -0.05) is 32.9 Å². The number of primary amides is 1. The molecule has 9 heteroatoms. The van der Waals surface area contributed by atoms with Crippen molar-refractivity contribution in [2.75, 3.05) is 25.5 Å². The van der Waals surface area contributed by atoms with Crippen LogP contribution >= 0.6 is 11.3 Å². The number of rotatable bonds is 4. The molecule has 0 unspecified atom stereocenters. The molecule has 1 aliphatic carbocycles. The van der Waals surface area contributed by atoms with Crippen molar-refractivity contribution in [3.05, 3.63) is 63.1 Å². The van der Waals surface area contributed by atoms with Gasteiger partial charge in [0.25, 0.3) is 5.91 Å². The van der Waals surface area contributed by atoms with Gasteiger partial charge in [-0.25, -0.2) is 9.97 Å². The Balaban J connectivity index is 1.33. The van der Waals surface area contributed by atoms with Gasteiger partial charge in [0.2, 0.25) is 5.91 Å². The van der Waals surface area contributed by atoms with Gasteiger partial charge in [-0.2, -0.15) is 0 Å². The second-order valence-corrected chi connectivity index (χ2v) is 12.5. The van der Waals surface area contributed by atoms with E-state index < -0.39 is 5.91 Å². The van der Waals surface area contributed by atoms with E-state index in [1.54, 1.807) is 54.8 Å². The van der Waals surface area contributed by atoms with E-state index in [-0.39, 0.29) is 22.5 Å². The number of amides is 2. The first-order chi connectivity index (χ1) is 18.0. The Bertz CT molecular complexity index is 1410. The molecular formula is C29H33N5O3S. The van der Waals surface area contributed by atoms with E-state index in [1.165, 1.54) is 0 Å². The number of Topliss-reactive ketones (excluding diaryl/α,β-unsaturated/α-hetero) is 1. The molecule has 2 aliphatic rings. The smallest absolute Gasteiger partial charge is 0.254 e. The van der Waals surface area contributed by atoms with Crippen LogP contribution in [0.5, 0.6) is 0 Å². The standard InChI is InChI=1S/C29H33N5O3S/c1-28(2,3)27-33-24-21(35)15-29(16-22(24)38-27)9-11-34(12-10-29)26(37)19-13-20(32-23(14-19)31-4)17-5-7-18(8-6-17)25(30)36/h5-8,13-14H,9-12,15-16H2,1-4H3,(H2,30,36)(H,31,32). The summed E-state index contributed by atoms with van der Waals surface area (Å²) in [5, 5.41) is 4.05. The second-order valence-electron chi connectivity index (χ2n) is 11.4. The summed E-state index contributed by atoms with van der Waals surface area (Å²) in [5.74, 6) is 0.179. The van der Waals surface area contributed by atoms with E-state index in [2.05, 4.69) is 31.1 Å². The number of piperidine rings is 1. The first-order valence-electron chi connectivity index (χ1n) is 12.9. The summed E-state index contributed by atoms with van der Waals surface area (Å²) in [6, 6.07) is 10.4. The number of aromatic nitrogens is 2. The molecule has 0 atom stereocenters. The predicted molar refractivity (Wildman–Crippen MR) is 149 cm³/mol. The summed E-state index contributed by atoms with van der Waals surface area (Å²) in [6.45, 7) is 7.59. The Kier molecular flexibility index (Phi) is 6.59. The first kappa shape index (κ1) is 26.0. The van der Waals surface area contributed by atoms with Crippen LogP contribution in [-0.2, 0) is 11.8 Å². The van der Waals surface area contributed by atoms with Gasteiger partial charge < -0.3 is 16.0 Å². The van der Waals surface area contributed by atoms with Crippen molar-refractivity contribution in [3.63, 3.8) is 0 Å². The van der Waals surface area contributed by atoms with Crippen LogP contribution in [0.2, 0.25) is 0 Å². The normalized spacial score (nSPS) is 16.8. The van der Waals surface area contributed by atoms with Gasteiger partial charge in [-0.3, -0.25) is 14.4 Å². The average molecular weight is 532 g/mol. The molecule has 2 aromatic heterocycles. The van der Waals surface area contributed by atoms with Crippen molar-refractivity contribution in [1.29, 1.82) is 0 Å². The zero-order valence-corrected chi connectivity index (χ0v) is 23.1. The Morgan fingerprint density at radius 1 is 1.03 bits per heavy atom. The van der Waals surface area contributed by atoms with Gasteiger partial charge in [0.1, 0.15) is 11.5 Å². The minimum atomic E-state index is -0.493. The van der Waals surface area contributed by atoms with E-state index in [9.17, 15) is 14.4 Å². The molecule has 0 bridgehead atoms. The van der Waals surface area contributed by atoms with Gasteiger partial charge in [-0.05, 0) is 48.9 Å². The molecule has 1 saturated heterocycles. The number of carbonyl (C=O) groups excluding carboxylic acids is 3. The van der Waals surface area contributed by atoms with Crippen molar-refractivity contribution < 1.29 is 14.4 Å². The highest BCUT2D eigenvalue weighted by Gasteiger charge is 2.44. The van der Waals surface area contributed by atoms with Crippen LogP contribution in [0.4, 0.5) is 5.82 Å². The molecule has 2 amide bonds. The Labute approximate surface area is 226 Å². The fourth-order valence-electron chi connectivity index (χ4n) is 5.29. The molecule has 1 fully saturated rings. The molecular weight excluding hydrogens is 498 g/mol. The fraction of sp³-hybridized carbons (Fsp3) is 0.414. The van der Waals surface area contributed by atoms with E-state index in [4.69, 9.17) is 10.7 Å². The Morgan fingerprint density at radius 2 is 1.71 bits per heavy atom. The van der Waals surface area contributed by atoms with Crippen molar-refractivity contribution in [1.82, 2.24) is 14.9 Å². The molecule has 1 spiro atoms. The van der Waals surface area contributed by atoms with Crippen LogP contribution in [-0.4, -0.2) is 52.6 Å². The van der Waals surface area contributed by atoms with Gasteiger partial charge in [-0.15, -0.1) is 11.3 Å². The molecule has 1 aliphatic heterocycles. The molecule has 3 aromatic rings. The third kappa shape index (κ3) is 4.95. The highest BCUT2D eigenvalue weighted by Crippen LogP contribution is 2.46. The number of anilines is 1. The van der Waals surface area contributed by atoms with Crippen LogP contribution in [0.3, 0.4) is 0 Å². The summed E-state index contributed by atoms with van der Waals surface area (Å²) in [6.07, 6.45) is 2.94. The Morgan fingerprint density at radius 3 is 2.32 bits per heavy atom. The second kappa shape index (κ2) is 9.62. The minimum absolute atomic E-state index is 0.0515. The van der Waals surface area contributed by atoms with Crippen LogP contribution in [0.25, 0.3) is 11.3 Å². The number of thiazole rings is 1. The van der Waals surface area contributed by atoms with E-state index in [0.717, 1.165) is 34.7 Å². The molecule has 8 nitrogen and oxygen atoms in total. The zero-order chi connectivity index (χ0) is 27.2. The SMILES string of the molecule is CNc1cc(C(=O)N2CCC3(CC2)CC(=O)c2nc(C(C)(C)C)sc2C3)cc(-c2ccc(C(N)=O)cc2)n1. The van der Waals surface area contributed by atoms with Crippen LogP contribution in [0.1, 0.15) is 81.1 Å². The molecule has 0 saturated carbocycles. The maximum atomic E-state index is 13.6. The molecule has 0 radical (unpaired) electrons. The lowest BCUT2D eigenvalue weighted by Gasteiger charge is -2.43. The number of nitrogens with zero attached hydrogens (tertiary/aromatic N) is 3.